The van der Waals surface area contributed by atoms with Crippen molar-refractivity contribution in [2.75, 3.05) is 13.1 Å². The van der Waals surface area contributed by atoms with Crippen molar-refractivity contribution in [3.05, 3.63) is 39.9 Å². The molecule has 0 aliphatic carbocycles. The van der Waals surface area contributed by atoms with Gasteiger partial charge in [-0.25, -0.2) is 0 Å². The molecule has 1 aromatic carbocycles. The molecule has 1 aliphatic rings. The van der Waals surface area contributed by atoms with Crippen LogP contribution in [0.5, 0.6) is 0 Å². The van der Waals surface area contributed by atoms with Crippen molar-refractivity contribution in [2.24, 2.45) is 5.92 Å². The van der Waals surface area contributed by atoms with Gasteiger partial charge in [-0.1, -0.05) is 12.1 Å². The Morgan fingerprint density at radius 1 is 1.45 bits per heavy atom. The minimum Gasteiger partial charge on any atom is -0.481 e. The van der Waals surface area contributed by atoms with Gasteiger partial charge in [0.2, 0.25) is 0 Å². The van der Waals surface area contributed by atoms with Gasteiger partial charge in [0.1, 0.15) is 0 Å². The number of carbonyl (C=O) groups is 2. The number of hydrogen-bond donors (Lipinski definition) is 1. The Kier molecular flexibility index (Phi) is 4.87. The van der Waals surface area contributed by atoms with E-state index < -0.39 is 22.9 Å². The lowest BCUT2D eigenvalue weighted by molar-refractivity contribution is -0.384. The number of carbonyl (C=O) groups excluding carboxylic acids is 1. The summed E-state index contributed by atoms with van der Waals surface area (Å²) in [5.41, 5.74) is 0.152. The number of ketones is 1. The number of piperidine rings is 1. The summed E-state index contributed by atoms with van der Waals surface area (Å²) in [4.78, 5) is 35.7. The van der Waals surface area contributed by atoms with Gasteiger partial charge >= 0.3 is 5.97 Å². The number of Topliss-reactive ketones (excluding diaryl/α,β-unsaturated/α-hetero) is 1. The first-order valence-electron chi connectivity index (χ1n) is 7.15. The summed E-state index contributed by atoms with van der Waals surface area (Å²) in [5.74, 6) is -1.54. The quantitative estimate of drug-likeness (QED) is 0.507. The van der Waals surface area contributed by atoms with Crippen molar-refractivity contribution in [3.8, 4) is 0 Å². The average molecular weight is 306 g/mol. The number of likely N-dealkylation sites (tertiary alicyclic amines) is 1. The lowest BCUT2D eigenvalue weighted by atomic mass is 9.95. The number of nitro groups is 1. The van der Waals surface area contributed by atoms with Crippen molar-refractivity contribution in [1.29, 1.82) is 0 Å². The average Bonchev–Trinajstić information content (AvgIpc) is 2.53. The Morgan fingerprint density at radius 2 is 2.18 bits per heavy atom. The third kappa shape index (κ3) is 3.48. The number of non-ortho nitro benzene ring substituents is 1. The highest BCUT2D eigenvalue weighted by Gasteiger charge is 2.31. The van der Waals surface area contributed by atoms with Crippen LogP contribution in [0.1, 0.15) is 30.1 Å². The van der Waals surface area contributed by atoms with Gasteiger partial charge in [0.15, 0.2) is 5.78 Å². The van der Waals surface area contributed by atoms with E-state index in [1.165, 1.54) is 18.2 Å². The highest BCUT2D eigenvalue weighted by atomic mass is 16.6. The van der Waals surface area contributed by atoms with Crippen LogP contribution in [0.4, 0.5) is 5.69 Å². The van der Waals surface area contributed by atoms with Crippen LogP contribution >= 0.6 is 0 Å². The van der Waals surface area contributed by atoms with E-state index in [2.05, 4.69) is 0 Å². The highest BCUT2D eigenvalue weighted by Crippen LogP contribution is 2.21. The Balaban J connectivity index is 2.13. The van der Waals surface area contributed by atoms with Crippen LogP contribution in [-0.2, 0) is 4.79 Å². The Hall–Kier alpha value is -2.28. The molecule has 1 aliphatic heterocycles. The van der Waals surface area contributed by atoms with E-state index in [0.717, 1.165) is 6.42 Å². The molecule has 0 bridgehead atoms. The fraction of sp³-hybridized carbons (Fsp3) is 0.467. The fourth-order valence-corrected chi connectivity index (χ4v) is 2.74. The SMILES string of the molecule is CC(C(=O)c1cccc([N+](=O)[O-])c1)N1CCCC(C(=O)O)C1. The zero-order valence-corrected chi connectivity index (χ0v) is 12.3. The molecule has 0 radical (unpaired) electrons. The number of aliphatic carboxylic acids is 1. The molecule has 118 valence electrons. The van der Waals surface area contributed by atoms with Gasteiger partial charge in [-0.15, -0.1) is 0 Å². The van der Waals surface area contributed by atoms with Crippen molar-refractivity contribution in [2.45, 2.75) is 25.8 Å². The molecule has 7 nitrogen and oxygen atoms in total. The van der Waals surface area contributed by atoms with Crippen LogP contribution in [0.3, 0.4) is 0 Å². The highest BCUT2D eigenvalue weighted by molar-refractivity contribution is 6.00. The van der Waals surface area contributed by atoms with Crippen LogP contribution in [-0.4, -0.2) is 45.8 Å². The molecule has 0 spiro atoms. The number of carboxylic acid groups (broad SMARTS) is 1. The molecule has 0 aromatic heterocycles. The van der Waals surface area contributed by atoms with Crippen molar-refractivity contribution in [1.82, 2.24) is 4.90 Å². The predicted octanol–water partition coefficient (Wildman–Crippen LogP) is 1.96. The zero-order chi connectivity index (χ0) is 16.3. The molecule has 1 fully saturated rings. The van der Waals surface area contributed by atoms with E-state index in [9.17, 15) is 19.7 Å². The Morgan fingerprint density at radius 3 is 2.82 bits per heavy atom. The standard InChI is InChI=1S/C15H18N2O5/c1-10(16-7-3-5-12(9-16)15(19)20)14(18)11-4-2-6-13(8-11)17(21)22/h2,4,6,8,10,12H,3,5,7,9H2,1H3,(H,19,20). The van der Waals surface area contributed by atoms with E-state index in [1.54, 1.807) is 13.0 Å². The van der Waals surface area contributed by atoms with Crippen LogP contribution in [0.15, 0.2) is 24.3 Å². The number of benzene rings is 1. The largest absolute Gasteiger partial charge is 0.481 e. The maximum Gasteiger partial charge on any atom is 0.307 e. The number of rotatable bonds is 5. The molecular weight excluding hydrogens is 288 g/mol. The van der Waals surface area contributed by atoms with E-state index in [1.807, 2.05) is 4.90 Å². The van der Waals surface area contributed by atoms with Gasteiger partial charge in [-0.05, 0) is 26.3 Å². The van der Waals surface area contributed by atoms with E-state index >= 15 is 0 Å². The third-order valence-electron chi connectivity index (χ3n) is 4.07. The van der Waals surface area contributed by atoms with Gasteiger partial charge < -0.3 is 5.11 Å². The van der Waals surface area contributed by atoms with Crippen molar-refractivity contribution < 1.29 is 19.6 Å². The number of nitro benzene ring substituents is 1. The van der Waals surface area contributed by atoms with Crippen molar-refractivity contribution >= 4 is 17.4 Å². The summed E-state index contributed by atoms with van der Waals surface area (Å²) < 4.78 is 0. The Bertz CT molecular complexity index is 601. The first kappa shape index (κ1) is 16.1. The Labute approximate surface area is 127 Å². The maximum atomic E-state index is 12.5. The van der Waals surface area contributed by atoms with Crippen LogP contribution < -0.4 is 0 Å². The monoisotopic (exact) mass is 306 g/mol. The zero-order valence-electron chi connectivity index (χ0n) is 12.3. The summed E-state index contributed by atoms with van der Waals surface area (Å²) in [7, 11) is 0. The molecule has 1 aromatic rings. The normalized spacial score (nSPS) is 20.3. The lowest BCUT2D eigenvalue weighted by Crippen LogP contribution is -2.46. The first-order valence-corrected chi connectivity index (χ1v) is 7.15. The molecule has 2 unspecified atom stereocenters. The predicted molar refractivity (Wildman–Crippen MR) is 78.8 cm³/mol. The second-order valence-corrected chi connectivity index (χ2v) is 5.52. The van der Waals surface area contributed by atoms with Crippen molar-refractivity contribution in [3.63, 3.8) is 0 Å². The second kappa shape index (κ2) is 6.65. The molecule has 0 amide bonds. The molecule has 1 heterocycles. The molecule has 7 heteroatoms. The van der Waals surface area contributed by atoms with Gasteiger partial charge in [0, 0.05) is 24.2 Å². The third-order valence-corrected chi connectivity index (χ3v) is 4.07. The second-order valence-electron chi connectivity index (χ2n) is 5.52. The fourth-order valence-electron chi connectivity index (χ4n) is 2.74. The molecule has 0 saturated carbocycles. The van der Waals surface area contributed by atoms with Gasteiger partial charge in [-0.3, -0.25) is 24.6 Å². The summed E-state index contributed by atoms with van der Waals surface area (Å²) in [5, 5.41) is 19.9. The molecular formula is C15H18N2O5. The van der Waals surface area contributed by atoms with E-state index in [0.29, 0.717) is 19.5 Å². The summed E-state index contributed by atoms with van der Waals surface area (Å²) in [6.45, 7) is 2.70. The molecule has 1 saturated heterocycles. The first-order chi connectivity index (χ1) is 10.4. The van der Waals surface area contributed by atoms with Crippen LogP contribution in [0.2, 0.25) is 0 Å². The molecule has 1 N–H and O–H groups in total. The minimum absolute atomic E-state index is 0.125. The molecule has 22 heavy (non-hydrogen) atoms. The van der Waals surface area contributed by atoms with Crippen LogP contribution in [0, 0.1) is 16.0 Å². The summed E-state index contributed by atoms with van der Waals surface area (Å²) in [6.07, 6.45) is 1.34. The van der Waals surface area contributed by atoms with Gasteiger partial charge in [-0.2, -0.15) is 0 Å². The molecule has 2 rings (SSSR count). The van der Waals surface area contributed by atoms with E-state index in [4.69, 9.17) is 5.11 Å². The van der Waals surface area contributed by atoms with Gasteiger partial charge in [0.05, 0.1) is 16.9 Å². The lowest BCUT2D eigenvalue weighted by Gasteiger charge is -2.34. The topological polar surface area (TPSA) is 101 Å². The number of carboxylic acids is 1. The minimum atomic E-state index is -0.848. The van der Waals surface area contributed by atoms with Crippen LogP contribution in [0.25, 0.3) is 0 Å². The van der Waals surface area contributed by atoms with E-state index in [-0.39, 0.29) is 17.0 Å². The number of hydrogen-bond acceptors (Lipinski definition) is 5. The smallest absolute Gasteiger partial charge is 0.307 e. The maximum absolute atomic E-state index is 12.5. The number of nitrogens with zero attached hydrogens (tertiary/aromatic N) is 2. The molecule has 2 atom stereocenters. The van der Waals surface area contributed by atoms with Gasteiger partial charge in [0.25, 0.3) is 5.69 Å². The summed E-state index contributed by atoms with van der Waals surface area (Å²) in [6, 6.07) is 5.13. The summed E-state index contributed by atoms with van der Waals surface area (Å²) >= 11 is 0.